The van der Waals surface area contributed by atoms with Gasteiger partial charge in [0.2, 0.25) is 6.29 Å². The second-order valence-corrected chi connectivity index (χ2v) is 11.0. The Bertz CT molecular complexity index is 293. The van der Waals surface area contributed by atoms with Crippen molar-refractivity contribution in [1.29, 1.82) is 0 Å². The first-order valence-corrected chi connectivity index (χ1v) is 8.84. The summed E-state index contributed by atoms with van der Waals surface area (Å²) >= 11 is 0. The molecule has 0 saturated carbocycles. The normalized spacial score (nSPS) is 33.2. The molecule has 0 spiro atoms. The molecule has 1 saturated heterocycles. The van der Waals surface area contributed by atoms with Crippen LogP contribution in [-0.4, -0.2) is 27.3 Å². The quantitative estimate of drug-likeness (QED) is 0.712. The number of rotatable bonds is 3. The molecular formula is C12H22O3Si. The molecule has 0 aromatic carbocycles. The third-order valence-electron chi connectivity index (χ3n) is 3.98. The average Bonchev–Trinajstić information content (AvgIpc) is 2.45. The van der Waals surface area contributed by atoms with Gasteiger partial charge < -0.3 is 13.9 Å². The molecule has 0 N–H and O–H groups in total. The van der Waals surface area contributed by atoms with E-state index in [9.17, 15) is 0 Å². The Kier molecular flexibility index (Phi) is 2.93. The van der Waals surface area contributed by atoms with Crippen LogP contribution in [0.15, 0.2) is 12.3 Å². The SMILES string of the molecule is CC(C)(C)[Si](C)(C)OC[C@@H]1O[C@H]2OC=C[C@H]21. The van der Waals surface area contributed by atoms with Gasteiger partial charge in [-0.05, 0) is 24.2 Å². The molecule has 0 amide bonds. The molecule has 0 aliphatic carbocycles. The fourth-order valence-electron chi connectivity index (χ4n) is 1.65. The molecule has 16 heavy (non-hydrogen) atoms. The van der Waals surface area contributed by atoms with Crippen molar-refractivity contribution in [2.75, 3.05) is 6.61 Å². The van der Waals surface area contributed by atoms with Crippen molar-refractivity contribution >= 4 is 8.32 Å². The van der Waals surface area contributed by atoms with Crippen LogP contribution in [0.5, 0.6) is 0 Å². The average molecular weight is 242 g/mol. The van der Waals surface area contributed by atoms with Crippen LogP contribution in [0.3, 0.4) is 0 Å². The van der Waals surface area contributed by atoms with Gasteiger partial charge in [-0.2, -0.15) is 0 Å². The molecule has 0 radical (unpaired) electrons. The Labute approximate surface area is 98.9 Å². The Morgan fingerprint density at radius 2 is 2.00 bits per heavy atom. The maximum atomic E-state index is 6.13. The summed E-state index contributed by atoms with van der Waals surface area (Å²) in [5, 5.41) is 0.262. The first-order valence-electron chi connectivity index (χ1n) is 5.93. The van der Waals surface area contributed by atoms with Crippen molar-refractivity contribution in [3.05, 3.63) is 12.3 Å². The van der Waals surface area contributed by atoms with Crippen LogP contribution in [-0.2, 0) is 13.9 Å². The van der Waals surface area contributed by atoms with E-state index in [-0.39, 0.29) is 17.4 Å². The fraction of sp³-hybridized carbons (Fsp3) is 0.833. The van der Waals surface area contributed by atoms with Gasteiger partial charge in [-0.15, -0.1) is 0 Å². The van der Waals surface area contributed by atoms with Gasteiger partial charge in [-0.3, -0.25) is 0 Å². The Morgan fingerprint density at radius 1 is 1.31 bits per heavy atom. The highest BCUT2D eigenvalue weighted by Crippen LogP contribution is 2.39. The first-order chi connectivity index (χ1) is 7.31. The van der Waals surface area contributed by atoms with Crippen LogP contribution in [0.1, 0.15) is 20.8 Å². The van der Waals surface area contributed by atoms with E-state index in [2.05, 4.69) is 39.9 Å². The van der Waals surface area contributed by atoms with Crippen molar-refractivity contribution < 1.29 is 13.9 Å². The zero-order chi connectivity index (χ0) is 12.0. The van der Waals surface area contributed by atoms with Crippen molar-refractivity contribution in [2.45, 2.75) is 51.3 Å². The van der Waals surface area contributed by atoms with Crippen LogP contribution >= 0.6 is 0 Å². The molecule has 0 aromatic rings. The largest absolute Gasteiger partial charge is 0.472 e. The molecule has 3 nitrogen and oxygen atoms in total. The van der Waals surface area contributed by atoms with Crippen LogP contribution < -0.4 is 0 Å². The molecule has 2 aliphatic rings. The van der Waals surface area contributed by atoms with E-state index in [4.69, 9.17) is 13.9 Å². The number of ether oxygens (including phenoxy) is 2. The lowest BCUT2D eigenvalue weighted by atomic mass is 9.98. The predicted molar refractivity (Wildman–Crippen MR) is 65.5 cm³/mol. The molecule has 0 bridgehead atoms. The van der Waals surface area contributed by atoms with Crippen LogP contribution in [0.4, 0.5) is 0 Å². The number of fused-ring (bicyclic) bond motifs is 1. The molecular weight excluding hydrogens is 220 g/mol. The van der Waals surface area contributed by atoms with Gasteiger partial charge in [-0.25, -0.2) is 0 Å². The molecule has 3 atom stereocenters. The van der Waals surface area contributed by atoms with Crippen LogP contribution in [0.25, 0.3) is 0 Å². The summed E-state index contributed by atoms with van der Waals surface area (Å²) < 4.78 is 16.9. The molecule has 0 unspecified atom stereocenters. The maximum absolute atomic E-state index is 6.13. The zero-order valence-electron chi connectivity index (χ0n) is 10.8. The molecule has 0 aromatic heterocycles. The van der Waals surface area contributed by atoms with E-state index >= 15 is 0 Å². The van der Waals surface area contributed by atoms with Crippen molar-refractivity contribution in [1.82, 2.24) is 0 Å². The van der Waals surface area contributed by atoms with Crippen molar-refractivity contribution in [2.24, 2.45) is 5.92 Å². The molecule has 2 rings (SSSR count). The lowest BCUT2D eigenvalue weighted by Gasteiger charge is -2.42. The molecule has 4 heteroatoms. The van der Waals surface area contributed by atoms with E-state index < -0.39 is 8.32 Å². The third kappa shape index (κ3) is 2.06. The van der Waals surface area contributed by atoms with E-state index in [1.165, 1.54) is 0 Å². The summed E-state index contributed by atoms with van der Waals surface area (Å²) in [6.45, 7) is 12.0. The topological polar surface area (TPSA) is 27.7 Å². The smallest absolute Gasteiger partial charge is 0.208 e. The van der Waals surface area contributed by atoms with E-state index in [0.29, 0.717) is 12.5 Å². The summed E-state index contributed by atoms with van der Waals surface area (Å²) in [5.74, 6) is 0.407. The zero-order valence-corrected chi connectivity index (χ0v) is 11.8. The second kappa shape index (κ2) is 3.86. The fourth-order valence-corrected chi connectivity index (χ4v) is 2.66. The maximum Gasteiger partial charge on any atom is 0.208 e. The van der Waals surface area contributed by atoms with Gasteiger partial charge in [0.25, 0.3) is 0 Å². The summed E-state index contributed by atoms with van der Waals surface area (Å²) in [4.78, 5) is 0. The summed E-state index contributed by atoms with van der Waals surface area (Å²) in [7, 11) is -1.64. The lowest BCUT2D eigenvalue weighted by molar-refractivity contribution is -0.261. The Morgan fingerprint density at radius 3 is 2.56 bits per heavy atom. The first kappa shape index (κ1) is 12.1. The van der Waals surface area contributed by atoms with Gasteiger partial charge in [0.15, 0.2) is 8.32 Å². The monoisotopic (exact) mass is 242 g/mol. The van der Waals surface area contributed by atoms with Crippen LogP contribution in [0, 0.1) is 5.92 Å². The van der Waals surface area contributed by atoms with E-state index in [0.717, 1.165) is 0 Å². The van der Waals surface area contributed by atoms with Crippen LogP contribution in [0.2, 0.25) is 18.1 Å². The molecule has 1 fully saturated rings. The molecule has 2 aliphatic heterocycles. The lowest BCUT2D eigenvalue weighted by Crippen LogP contribution is -2.52. The minimum Gasteiger partial charge on any atom is -0.472 e. The third-order valence-corrected chi connectivity index (χ3v) is 8.48. The van der Waals surface area contributed by atoms with Gasteiger partial charge in [0.05, 0.1) is 24.9 Å². The van der Waals surface area contributed by atoms with Gasteiger partial charge in [-0.1, -0.05) is 20.8 Å². The van der Waals surface area contributed by atoms with Crippen molar-refractivity contribution in [3.8, 4) is 0 Å². The van der Waals surface area contributed by atoms with E-state index in [1.54, 1.807) is 6.26 Å². The number of hydrogen-bond donors (Lipinski definition) is 0. The minimum absolute atomic E-state index is 0.0342. The highest BCUT2D eigenvalue weighted by atomic mass is 28.4. The van der Waals surface area contributed by atoms with Gasteiger partial charge in [0.1, 0.15) is 0 Å². The van der Waals surface area contributed by atoms with Gasteiger partial charge >= 0.3 is 0 Å². The van der Waals surface area contributed by atoms with Gasteiger partial charge in [0, 0.05) is 0 Å². The highest BCUT2D eigenvalue weighted by Gasteiger charge is 2.46. The predicted octanol–water partition coefficient (Wildman–Crippen LogP) is 2.89. The van der Waals surface area contributed by atoms with Crippen molar-refractivity contribution in [3.63, 3.8) is 0 Å². The Balaban J connectivity index is 1.82. The minimum atomic E-state index is -1.64. The summed E-state index contributed by atoms with van der Waals surface area (Å²) in [6.07, 6.45) is 3.97. The molecule has 2 heterocycles. The van der Waals surface area contributed by atoms with E-state index in [1.807, 2.05) is 0 Å². The number of hydrogen-bond acceptors (Lipinski definition) is 3. The standard InChI is InChI=1S/C12H22O3Si/c1-12(2,3)16(4,5)14-8-10-9-6-7-13-11(9)15-10/h6-7,9-11H,8H2,1-5H3/t9-,10-,11+/m0/s1. The Hall–Kier alpha value is -0.323. The highest BCUT2D eigenvalue weighted by molar-refractivity contribution is 6.74. The second-order valence-electron chi connectivity index (χ2n) is 6.16. The summed E-state index contributed by atoms with van der Waals surface area (Å²) in [5.41, 5.74) is 0. The summed E-state index contributed by atoms with van der Waals surface area (Å²) in [6, 6.07) is 0. The molecule has 92 valence electrons.